The highest BCUT2D eigenvalue weighted by Gasteiger charge is 2.24. The Kier molecular flexibility index (Phi) is 17.2. The van der Waals surface area contributed by atoms with Crippen molar-refractivity contribution in [1.82, 2.24) is 4.57 Å². The molecule has 1 atom stereocenters. The number of nitrogens with zero attached hydrogens (tertiary/aromatic N) is 2. The summed E-state index contributed by atoms with van der Waals surface area (Å²) in [6.07, 6.45) is 41.9. The van der Waals surface area contributed by atoms with Crippen LogP contribution in [-0.2, 0) is 0 Å². The highest BCUT2D eigenvalue weighted by Crippen LogP contribution is 2.40. The van der Waals surface area contributed by atoms with Gasteiger partial charge in [0.05, 0.1) is 0 Å². The Balaban J connectivity index is 1.28. The van der Waals surface area contributed by atoms with Gasteiger partial charge in [-0.1, -0.05) is 189 Å². The van der Waals surface area contributed by atoms with Crippen molar-refractivity contribution in [2.45, 2.75) is 73.1 Å². The van der Waals surface area contributed by atoms with E-state index in [4.69, 9.17) is 0 Å². The van der Waals surface area contributed by atoms with E-state index < -0.39 is 0 Å². The van der Waals surface area contributed by atoms with Crippen LogP contribution in [0.15, 0.2) is 230 Å². The van der Waals surface area contributed by atoms with Crippen LogP contribution < -0.4 is 4.90 Å². The average molecular weight is 875 g/mol. The fourth-order valence-electron chi connectivity index (χ4n) is 8.95. The summed E-state index contributed by atoms with van der Waals surface area (Å²) in [5.74, 6) is 0.304. The summed E-state index contributed by atoms with van der Waals surface area (Å²) in [4.78, 5) is 2.42. The Labute approximate surface area is 401 Å². The van der Waals surface area contributed by atoms with Gasteiger partial charge in [-0.3, -0.25) is 0 Å². The molecule has 0 saturated heterocycles. The van der Waals surface area contributed by atoms with E-state index in [1.54, 1.807) is 0 Å². The van der Waals surface area contributed by atoms with Crippen LogP contribution in [0.3, 0.4) is 0 Å². The molecule has 0 aliphatic heterocycles. The molecular weight excluding hydrogens is 809 g/mol. The smallest absolute Gasteiger partial charge is 0.0494 e. The third-order valence-electron chi connectivity index (χ3n) is 12.3. The van der Waals surface area contributed by atoms with E-state index in [1.807, 2.05) is 0 Å². The van der Waals surface area contributed by atoms with E-state index in [0.29, 0.717) is 5.92 Å². The van der Waals surface area contributed by atoms with Gasteiger partial charge in [-0.05, 0) is 170 Å². The Morgan fingerprint density at radius 2 is 1.22 bits per heavy atom. The van der Waals surface area contributed by atoms with E-state index in [-0.39, 0.29) is 0 Å². The van der Waals surface area contributed by atoms with Gasteiger partial charge in [0.2, 0.25) is 0 Å². The Bertz CT molecular complexity index is 2850. The number of aromatic nitrogens is 1. The molecule has 1 aliphatic rings. The van der Waals surface area contributed by atoms with Gasteiger partial charge in [0.1, 0.15) is 0 Å². The number of hydrogen-bond donors (Lipinski definition) is 0. The maximum Gasteiger partial charge on any atom is 0.0494 e. The molecule has 0 radical (unpaired) electrons. The lowest BCUT2D eigenvalue weighted by molar-refractivity contribution is 0.642. The van der Waals surface area contributed by atoms with Crippen LogP contribution in [0, 0.1) is 0 Å². The van der Waals surface area contributed by atoms with E-state index in [0.717, 1.165) is 48.4 Å². The van der Waals surface area contributed by atoms with E-state index in [9.17, 15) is 0 Å². The van der Waals surface area contributed by atoms with Gasteiger partial charge in [0, 0.05) is 34.6 Å². The molecule has 6 aromatic rings. The van der Waals surface area contributed by atoms with Crippen LogP contribution in [0.4, 0.5) is 11.4 Å². The van der Waals surface area contributed by atoms with Crippen molar-refractivity contribution < 1.29 is 0 Å². The Hall–Kier alpha value is -7.42. The largest absolute Gasteiger partial charge is 0.316 e. The van der Waals surface area contributed by atoms with Gasteiger partial charge in [-0.2, -0.15) is 0 Å². The van der Waals surface area contributed by atoms with Crippen molar-refractivity contribution >= 4 is 40.2 Å². The summed E-state index contributed by atoms with van der Waals surface area (Å²) < 4.78 is 2.39. The lowest BCUT2D eigenvalue weighted by atomic mass is 9.89. The minimum absolute atomic E-state index is 0.304. The van der Waals surface area contributed by atoms with Crippen molar-refractivity contribution in [2.75, 3.05) is 4.90 Å². The highest BCUT2D eigenvalue weighted by molar-refractivity contribution is 5.80. The summed E-state index contributed by atoms with van der Waals surface area (Å²) in [6.45, 7) is 12.7. The number of anilines is 2. The zero-order chi connectivity index (χ0) is 46.8. The van der Waals surface area contributed by atoms with Crippen LogP contribution in [0.25, 0.3) is 45.7 Å². The second kappa shape index (κ2) is 24.2. The molecule has 1 unspecified atom stereocenters. The fourth-order valence-corrected chi connectivity index (χ4v) is 8.95. The predicted molar refractivity (Wildman–Crippen MR) is 295 cm³/mol. The van der Waals surface area contributed by atoms with Crippen LogP contribution in [-0.4, -0.2) is 4.57 Å². The van der Waals surface area contributed by atoms with Crippen molar-refractivity contribution in [3.8, 4) is 16.8 Å². The summed E-state index contributed by atoms with van der Waals surface area (Å²) >= 11 is 0. The van der Waals surface area contributed by atoms with Crippen molar-refractivity contribution in [2.24, 2.45) is 0 Å². The van der Waals surface area contributed by atoms with Crippen LogP contribution >= 0.6 is 0 Å². The fraction of sp³-hybridized carbons (Fsp3) is 0.169. The molecular formula is C65H66N2. The minimum atomic E-state index is 0.304. The molecule has 2 heteroatoms. The zero-order valence-electron chi connectivity index (χ0n) is 40.3. The second-order valence-corrected chi connectivity index (χ2v) is 16.9. The number of rotatable bonds is 17. The third-order valence-corrected chi connectivity index (χ3v) is 12.3. The lowest BCUT2D eigenvalue weighted by Crippen LogP contribution is -2.16. The van der Waals surface area contributed by atoms with Crippen LogP contribution in [0.5, 0.6) is 0 Å². The van der Waals surface area contributed by atoms with Crippen molar-refractivity contribution in [3.63, 3.8) is 0 Å². The molecule has 2 nitrogen and oxygen atoms in total. The number of allylic oxidation sites excluding steroid dienone is 17. The van der Waals surface area contributed by atoms with Gasteiger partial charge in [0.25, 0.3) is 0 Å². The monoisotopic (exact) mass is 875 g/mol. The average Bonchev–Trinajstić information content (AvgIpc) is 3.59. The normalized spacial score (nSPS) is 15.2. The maximum atomic E-state index is 2.47. The first-order valence-electron chi connectivity index (χ1n) is 24.1. The topological polar surface area (TPSA) is 8.17 Å². The van der Waals surface area contributed by atoms with E-state index >= 15 is 0 Å². The summed E-state index contributed by atoms with van der Waals surface area (Å²) in [5.41, 5.74) is 18.2. The third kappa shape index (κ3) is 12.1. The van der Waals surface area contributed by atoms with Crippen LogP contribution in [0.1, 0.15) is 107 Å². The van der Waals surface area contributed by atoms with Gasteiger partial charge in [-0.15, -0.1) is 0 Å². The summed E-state index contributed by atoms with van der Waals surface area (Å²) in [7, 11) is 0. The maximum absolute atomic E-state index is 2.47. The van der Waals surface area contributed by atoms with Crippen LogP contribution in [0.2, 0.25) is 0 Å². The van der Waals surface area contributed by atoms with Gasteiger partial charge in [0.15, 0.2) is 0 Å². The second-order valence-electron chi connectivity index (χ2n) is 16.9. The first-order chi connectivity index (χ1) is 33.0. The van der Waals surface area contributed by atoms with Crippen molar-refractivity contribution in [1.29, 1.82) is 0 Å². The summed E-state index contributed by atoms with van der Waals surface area (Å²) in [6, 6.07) is 48.3. The molecule has 0 saturated carbocycles. The predicted octanol–water partition coefficient (Wildman–Crippen LogP) is 18.7. The summed E-state index contributed by atoms with van der Waals surface area (Å²) in [5, 5.41) is 0. The first kappa shape index (κ1) is 47.5. The Morgan fingerprint density at radius 3 is 1.87 bits per heavy atom. The zero-order valence-corrected chi connectivity index (χ0v) is 40.3. The molecule has 0 amide bonds. The number of benzene rings is 5. The molecule has 5 aromatic carbocycles. The van der Waals surface area contributed by atoms with Gasteiger partial charge in [-0.25, -0.2) is 0 Å². The number of hydrogen-bond acceptors (Lipinski definition) is 1. The quantitative estimate of drug-likeness (QED) is 0.0829. The molecule has 7 rings (SSSR count). The van der Waals surface area contributed by atoms with Crippen molar-refractivity contribution in [3.05, 3.63) is 264 Å². The number of fused-ring (bicyclic) bond motifs is 1. The van der Waals surface area contributed by atoms with Gasteiger partial charge >= 0.3 is 0 Å². The molecule has 1 aromatic heterocycles. The first-order valence-corrected chi connectivity index (χ1v) is 24.1. The van der Waals surface area contributed by atoms with Gasteiger partial charge < -0.3 is 9.47 Å². The standard InChI is InChI=1S/C65H66N2/c1-7-12-15-31-59-49-66(60-42-37-57(38-43-60)55-28-18-14-19-29-55)64-32-21-20-30-58(65(59)64)41-48-61(25-11-5)67(63-46-39-56(40-47-63)52(22-8-2)23-9-3)62-44-35-51(36-45-62)50(6)33-34-53(24-10-4)54-26-16-13-17-27-54/h7-8,10-19,21-29,31-40,42-49,58H,9,20,30,41H2,1-6H3/b12-7-,22-8-,24-10-,25-11-,31-15-,50-33+,52-23+,53-34+,61-48+. The SMILES string of the molecule is C/C=C\C=C/c1cn(-c2ccc(-c3ccccc3)cc2)c2c1C(C/C=C(\C=C/C)N(c1ccc(/C(C)=C/C=C(\C=C/C)c3ccccc3)cc1)c1ccc(C(/C=C\C)=C/CC)cc1)CCC=C2. The van der Waals surface area contributed by atoms with E-state index in [1.165, 1.54) is 61.4 Å². The van der Waals surface area contributed by atoms with E-state index in [2.05, 4.69) is 288 Å². The molecule has 0 N–H and O–H groups in total. The lowest BCUT2D eigenvalue weighted by Gasteiger charge is -2.28. The molecule has 1 heterocycles. The Morgan fingerprint density at radius 1 is 0.612 bits per heavy atom. The molecule has 67 heavy (non-hydrogen) atoms. The molecule has 0 bridgehead atoms. The highest BCUT2D eigenvalue weighted by atomic mass is 15.1. The molecule has 0 spiro atoms. The molecule has 1 aliphatic carbocycles. The minimum Gasteiger partial charge on any atom is -0.316 e. The molecule has 336 valence electrons. The molecule has 0 fully saturated rings.